The van der Waals surface area contributed by atoms with Gasteiger partial charge >= 0.3 is 0 Å². The Hall–Kier alpha value is -2.14. The smallest absolute Gasteiger partial charge is 0.255 e. The van der Waals surface area contributed by atoms with Crippen molar-refractivity contribution in [3.05, 3.63) is 51.4 Å². The number of aromatic amines is 1. The largest absolute Gasteiger partial charge is 0.326 e. The summed E-state index contributed by atoms with van der Waals surface area (Å²) in [6.45, 7) is 3.44. The van der Waals surface area contributed by atoms with Crippen molar-refractivity contribution in [1.82, 2.24) is 14.9 Å². The van der Waals surface area contributed by atoms with Gasteiger partial charge in [0.25, 0.3) is 5.56 Å². The van der Waals surface area contributed by atoms with Crippen LogP contribution in [0.15, 0.2) is 29.1 Å². The van der Waals surface area contributed by atoms with Crippen LogP contribution < -0.4 is 10.9 Å². The van der Waals surface area contributed by atoms with Gasteiger partial charge in [-0.05, 0) is 69.3 Å². The van der Waals surface area contributed by atoms with Crippen LogP contribution in [0.4, 0.5) is 11.6 Å². The normalized spacial score (nSPS) is 17.9. The van der Waals surface area contributed by atoms with E-state index >= 15 is 0 Å². The molecule has 132 valence electrons. The molecule has 2 N–H and O–H groups in total. The van der Waals surface area contributed by atoms with Crippen molar-refractivity contribution < 1.29 is 0 Å². The minimum Gasteiger partial charge on any atom is -0.326 e. The first-order valence-electron chi connectivity index (χ1n) is 9.48. The number of benzene rings is 1. The summed E-state index contributed by atoms with van der Waals surface area (Å²) in [5, 5.41) is 3.25. The fourth-order valence-corrected chi connectivity index (χ4v) is 3.87. The lowest BCUT2D eigenvalue weighted by atomic mass is 9.97. The summed E-state index contributed by atoms with van der Waals surface area (Å²) < 4.78 is 0. The van der Waals surface area contributed by atoms with Crippen molar-refractivity contribution in [2.75, 3.05) is 18.4 Å². The molecule has 5 heteroatoms. The van der Waals surface area contributed by atoms with E-state index in [0.29, 0.717) is 5.95 Å². The molecule has 0 amide bonds. The van der Waals surface area contributed by atoms with Gasteiger partial charge in [-0.3, -0.25) is 14.7 Å². The minimum absolute atomic E-state index is 0.00826. The highest BCUT2D eigenvalue weighted by Crippen LogP contribution is 2.20. The van der Waals surface area contributed by atoms with Crippen LogP contribution in [0.1, 0.15) is 48.9 Å². The number of likely N-dealkylation sites (tertiary alicyclic amines) is 1. The van der Waals surface area contributed by atoms with Gasteiger partial charge in [0, 0.05) is 17.8 Å². The summed E-state index contributed by atoms with van der Waals surface area (Å²) >= 11 is 0. The molecule has 2 aromatic rings. The molecule has 0 unspecified atom stereocenters. The van der Waals surface area contributed by atoms with Crippen LogP contribution in [0, 0.1) is 0 Å². The van der Waals surface area contributed by atoms with Gasteiger partial charge < -0.3 is 5.32 Å². The van der Waals surface area contributed by atoms with E-state index in [-0.39, 0.29) is 5.56 Å². The van der Waals surface area contributed by atoms with Crippen molar-refractivity contribution >= 4 is 11.6 Å². The lowest BCUT2D eigenvalue weighted by Crippen LogP contribution is -2.29. The standard InChI is InChI=1S/C20H26N4O/c25-19-17-6-2-3-7-18(17)22-20(23-19)21-16-10-8-15(9-11-16)14-24-12-4-1-5-13-24/h8-11H,1-7,12-14H2,(H2,21,22,23,25). The molecule has 1 aliphatic carbocycles. The Balaban J connectivity index is 1.44. The number of aromatic nitrogens is 2. The van der Waals surface area contributed by atoms with Gasteiger partial charge in [-0.25, -0.2) is 4.98 Å². The molecule has 4 rings (SSSR count). The molecule has 0 spiro atoms. The first kappa shape index (κ1) is 16.3. The number of hydrogen-bond donors (Lipinski definition) is 2. The highest BCUT2D eigenvalue weighted by Gasteiger charge is 2.15. The molecule has 2 heterocycles. The van der Waals surface area contributed by atoms with Gasteiger partial charge in [0.15, 0.2) is 0 Å². The van der Waals surface area contributed by atoms with E-state index in [1.165, 1.54) is 37.9 Å². The lowest BCUT2D eigenvalue weighted by molar-refractivity contribution is 0.221. The van der Waals surface area contributed by atoms with Crippen LogP contribution in [0.25, 0.3) is 0 Å². The Morgan fingerprint density at radius 3 is 2.56 bits per heavy atom. The molecular formula is C20H26N4O. The van der Waals surface area contributed by atoms with Crippen LogP contribution in [0.5, 0.6) is 0 Å². The predicted octanol–water partition coefficient (Wildman–Crippen LogP) is 3.38. The predicted molar refractivity (Wildman–Crippen MR) is 100 cm³/mol. The molecule has 0 bridgehead atoms. The van der Waals surface area contributed by atoms with Crippen molar-refractivity contribution in [2.45, 2.75) is 51.5 Å². The van der Waals surface area contributed by atoms with Crippen LogP contribution in [-0.4, -0.2) is 28.0 Å². The van der Waals surface area contributed by atoms with Crippen molar-refractivity contribution in [2.24, 2.45) is 0 Å². The third-order valence-corrected chi connectivity index (χ3v) is 5.26. The van der Waals surface area contributed by atoms with E-state index in [1.807, 2.05) is 0 Å². The monoisotopic (exact) mass is 338 g/mol. The number of piperidine rings is 1. The van der Waals surface area contributed by atoms with Gasteiger partial charge in [0.2, 0.25) is 5.95 Å². The maximum atomic E-state index is 12.2. The maximum absolute atomic E-state index is 12.2. The Morgan fingerprint density at radius 1 is 1.00 bits per heavy atom. The molecule has 1 fully saturated rings. The number of fused-ring (bicyclic) bond motifs is 1. The van der Waals surface area contributed by atoms with Crippen molar-refractivity contribution in [3.8, 4) is 0 Å². The van der Waals surface area contributed by atoms with E-state index in [0.717, 1.165) is 49.2 Å². The third kappa shape index (κ3) is 3.93. The molecular weight excluding hydrogens is 312 g/mol. The number of aryl methyl sites for hydroxylation is 1. The number of anilines is 2. The average molecular weight is 338 g/mol. The Bertz CT molecular complexity index is 775. The van der Waals surface area contributed by atoms with E-state index in [4.69, 9.17) is 0 Å². The summed E-state index contributed by atoms with van der Waals surface area (Å²) in [5.41, 5.74) is 4.13. The van der Waals surface area contributed by atoms with Crippen LogP contribution in [-0.2, 0) is 19.4 Å². The molecule has 1 saturated heterocycles. The summed E-state index contributed by atoms with van der Waals surface area (Å²) in [7, 11) is 0. The van der Waals surface area contributed by atoms with Gasteiger partial charge in [-0.2, -0.15) is 0 Å². The van der Waals surface area contributed by atoms with Gasteiger partial charge in [0.05, 0.1) is 5.69 Å². The number of nitrogens with one attached hydrogen (secondary N) is 2. The zero-order chi connectivity index (χ0) is 17.1. The second-order valence-corrected chi connectivity index (χ2v) is 7.21. The number of hydrogen-bond acceptors (Lipinski definition) is 4. The van der Waals surface area contributed by atoms with Crippen LogP contribution in [0.2, 0.25) is 0 Å². The number of nitrogens with zero attached hydrogens (tertiary/aromatic N) is 2. The Labute approximate surface area is 148 Å². The first-order valence-corrected chi connectivity index (χ1v) is 9.48. The van der Waals surface area contributed by atoms with Gasteiger partial charge in [-0.15, -0.1) is 0 Å². The Kier molecular flexibility index (Phi) is 4.83. The SMILES string of the molecule is O=c1[nH]c(Nc2ccc(CN3CCCCC3)cc2)nc2c1CCCC2. The quantitative estimate of drug-likeness (QED) is 0.897. The topological polar surface area (TPSA) is 61.0 Å². The summed E-state index contributed by atoms with van der Waals surface area (Å²) in [5.74, 6) is 0.550. The highest BCUT2D eigenvalue weighted by molar-refractivity contribution is 5.54. The molecule has 1 aromatic carbocycles. The molecule has 1 aliphatic heterocycles. The van der Waals surface area contributed by atoms with E-state index in [1.54, 1.807) is 0 Å². The summed E-state index contributed by atoms with van der Waals surface area (Å²) in [4.78, 5) is 22.2. The molecule has 25 heavy (non-hydrogen) atoms. The fourth-order valence-electron chi connectivity index (χ4n) is 3.87. The third-order valence-electron chi connectivity index (χ3n) is 5.26. The maximum Gasteiger partial charge on any atom is 0.255 e. The van der Waals surface area contributed by atoms with Gasteiger partial charge in [0.1, 0.15) is 0 Å². The van der Waals surface area contributed by atoms with E-state index < -0.39 is 0 Å². The fraction of sp³-hybridized carbons (Fsp3) is 0.500. The average Bonchev–Trinajstić information content (AvgIpc) is 2.64. The Morgan fingerprint density at radius 2 is 1.76 bits per heavy atom. The first-order chi connectivity index (χ1) is 12.3. The van der Waals surface area contributed by atoms with E-state index in [9.17, 15) is 4.79 Å². The minimum atomic E-state index is 0.00826. The molecule has 1 aromatic heterocycles. The summed E-state index contributed by atoms with van der Waals surface area (Å²) in [6, 6.07) is 8.46. The summed E-state index contributed by atoms with van der Waals surface area (Å²) in [6.07, 6.45) is 7.96. The zero-order valence-corrected chi connectivity index (χ0v) is 14.7. The second kappa shape index (κ2) is 7.40. The van der Waals surface area contributed by atoms with Crippen molar-refractivity contribution in [1.29, 1.82) is 0 Å². The zero-order valence-electron chi connectivity index (χ0n) is 14.7. The second-order valence-electron chi connectivity index (χ2n) is 7.21. The molecule has 0 radical (unpaired) electrons. The molecule has 5 nitrogen and oxygen atoms in total. The highest BCUT2D eigenvalue weighted by atomic mass is 16.1. The molecule has 0 atom stereocenters. The van der Waals surface area contributed by atoms with Gasteiger partial charge in [-0.1, -0.05) is 18.6 Å². The van der Waals surface area contributed by atoms with Crippen LogP contribution in [0.3, 0.4) is 0 Å². The van der Waals surface area contributed by atoms with E-state index in [2.05, 4.69) is 44.5 Å². The van der Waals surface area contributed by atoms with Crippen molar-refractivity contribution in [3.63, 3.8) is 0 Å². The molecule has 2 aliphatic rings. The number of rotatable bonds is 4. The lowest BCUT2D eigenvalue weighted by Gasteiger charge is -2.26. The van der Waals surface area contributed by atoms with Crippen LogP contribution >= 0.6 is 0 Å². The molecule has 0 saturated carbocycles. The number of H-pyrrole nitrogens is 1.